The Balaban J connectivity index is 1.69. The van der Waals surface area contributed by atoms with Crippen LogP contribution in [0.3, 0.4) is 0 Å². The largest absolute Gasteiger partial charge is 0.352 e. The molecule has 3 heterocycles. The number of rotatable bonds is 4. The van der Waals surface area contributed by atoms with Crippen molar-refractivity contribution in [1.29, 1.82) is 0 Å². The topological polar surface area (TPSA) is 33.1 Å². The van der Waals surface area contributed by atoms with Gasteiger partial charge in [-0.05, 0) is 75.1 Å². The Hall–Kier alpha value is -3.18. The van der Waals surface area contributed by atoms with Gasteiger partial charge in [0, 0.05) is 29.0 Å². The molecule has 0 saturated carbocycles. The molecule has 5 rings (SSSR count). The zero-order valence-corrected chi connectivity index (χ0v) is 19.7. The van der Waals surface area contributed by atoms with Crippen molar-refractivity contribution < 1.29 is 0 Å². The molecular weight excluding hydrogens is 412 g/mol. The number of hydrogen-bond donors (Lipinski definition) is 1. The van der Waals surface area contributed by atoms with Gasteiger partial charge >= 0.3 is 0 Å². The standard InChI is InChI=1S/C27H28N4S/c1-17(2)30-26(25(29-27(30)32)23-13-7-8-15-28-23)22-16-18(3)31(19(22)4)24-14-9-11-20-10-5-6-12-21(20)24/h5-17,25-26H,1-4H3,(H,29,32)/t25-,26+/m0/s1. The highest BCUT2D eigenvalue weighted by molar-refractivity contribution is 7.80. The molecule has 0 unspecified atom stereocenters. The monoisotopic (exact) mass is 440 g/mol. The first-order valence-corrected chi connectivity index (χ1v) is 11.5. The molecule has 0 aliphatic carbocycles. The van der Waals surface area contributed by atoms with Crippen molar-refractivity contribution in [2.75, 3.05) is 0 Å². The van der Waals surface area contributed by atoms with Gasteiger partial charge in [-0.15, -0.1) is 0 Å². The van der Waals surface area contributed by atoms with Crippen molar-refractivity contribution in [2.24, 2.45) is 0 Å². The Bertz CT molecular complexity index is 1290. The Morgan fingerprint density at radius 3 is 2.47 bits per heavy atom. The minimum Gasteiger partial charge on any atom is -0.352 e. The summed E-state index contributed by atoms with van der Waals surface area (Å²) >= 11 is 5.79. The molecule has 0 spiro atoms. The molecule has 2 atom stereocenters. The van der Waals surface area contributed by atoms with Crippen molar-refractivity contribution >= 4 is 28.1 Å². The van der Waals surface area contributed by atoms with Crippen LogP contribution in [0.1, 0.15) is 48.6 Å². The van der Waals surface area contributed by atoms with Gasteiger partial charge in [0.15, 0.2) is 5.11 Å². The quantitative estimate of drug-likeness (QED) is 0.393. The molecule has 1 aliphatic rings. The zero-order valence-electron chi connectivity index (χ0n) is 18.9. The van der Waals surface area contributed by atoms with E-state index in [1.54, 1.807) is 0 Å². The fraction of sp³-hybridized carbons (Fsp3) is 0.259. The average molecular weight is 441 g/mol. The average Bonchev–Trinajstić information content (AvgIpc) is 3.29. The molecule has 2 aromatic carbocycles. The third kappa shape index (κ3) is 3.28. The number of pyridine rings is 1. The van der Waals surface area contributed by atoms with E-state index in [1.807, 2.05) is 18.3 Å². The van der Waals surface area contributed by atoms with E-state index < -0.39 is 0 Å². The fourth-order valence-electron chi connectivity index (χ4n) is 5.12. The van der Waals surface area contributed by atoms with Crippen LogP contribution in [0.25, 0.3) is 16.5 Å². The van der Waals surface area contributed by atoms with E-state index in [0.717, 1.165) is 10.8 Å². The number of fused-ring (bicyclic) bond motifs is 1. The maximum Gasteiger partial charge on any atom is 0.170 e. The number of benzene rings is 2. The van der Waals surface area contributed by atoms with E-state index in [1.165, 1.54) is 33.4 Å². The fourth-order valence-corrected chi connectivity index (χ4v) is 5.57. The SMILES string of the molecule is Cc1cc([C@@H]2[C@H](c3ccccn3)NC(=S)N2C(C)C)c(C)n1-c1cccc2ccccc12. The lowest BCUT2D eigenvalue weighted by molar-refractivity contribution is 0.269. The van der Waals surface area contributed by atoms with Crippen LogP contribution in [0.2, 0.25) is 0 Å². The lowest BCUT2D eigenvalue weighted by atomic mass is 9.96. The molecule has 32 heavy (non-hydrogen) atoms. The number of aromatic nitrogens is 2. The molecule has 4 aromatic rings. The van der Waals surface area contributed by atoms with Crippen molar-refractivity contribution in [2.45, 2.75) is 45.8 Å². The highest BCUT2D eigenvalue weighted by Crippen LogP contribution is 2.42. The summed E-state index contributed by atoms with van der Waals surface area (Å²) in [6, 6.07) is 23.9. The predicted octanol–water partition coefficient (Wildman–Crippen LogP) is 6.02. The van der Waals surface area contributed by atoms with E-state index in [2.05, 4.69) is 102 Å². The van der Waals surface area contributed by atoms with E-state index in [-0.39, 0.29) is 18.1 Å². The maximum absolute atomic E-state index is 5.79. The van der Waals surface area contributed by atoms with Gasteiger partial charge in [-0.2, -0.15) is 0 Å². The van der Waals surface area contributed by atoms with Crippen molar-refractivity contribution in [3.8, 4) is 5.69 Å². The number of thiocarbonyl (C=S) groups is 1. The Morgan fingerprint density at radius 2 is 1.72 bits per heavy atom. The molecule has 0 radical (unpaired) electrons. The van der Waals surface area contributed by atoms with E-state index in [9.17, 15) is 0 Å². The molecule has 0 bridgehead atoms. The third-order valence-corrected chi connectivity index (χ3v) is 6.82. The van der Waals surface area contributed by atoms with Crippen molar-refractivity contribution in [3.05, 3.63) is 95.6 Å². The van der Waals surface area contributed by atoms with Crippen LogP contribution in [0.5, 0.6) is 0 Å². The second kappa shape index (κ2) is 8.06. The Morgan fingerprint density at radius 1 is 0.969 bits per heavy atom. The first-order valence-electron chi connectivity index (χ1n) is 11.1. The lowest BCUT2D eigenvalue weighted by Crippen LogP contribution is -2.35. The molecule has 1 fully saturated rings. The summed E-state index contributed by atoms with van der Waals surface area (Å²) in [5.74, 6) is 0. The van der Waals surface area contributed by atoms with Crippen molar-refractivity contribution in [1.82, 2.24) is 19.8 Å². The summed E-state index contributed by atoms with van der Waals surface area (Å²) in [5.41, 5.74) is 5.96. The Kier molecular flexibility index (Phi) is 5.22. The van der Waals surface area contributed by atoms with Gasteiger partial charge in [0.2, 0.25) is 0 Å². The normalized spacial score (nSPS) is 18.5. The molecule has 4 nitrogen and oxygen atoms in total. The van der Waals surface area contributed by atoms with Crippen LogP contribution in [-0.4, -0.2) is 25.6 Å². The summed E-state index contributed by atoms with van der Waals surface area (Å²) < 4.78 is 2.38. The molecule has 5 heteroatoms. The maximum atomic E-state index is 5.79. The van der Waals surface area contributed by atoms with Gasteiger partial charge in [0.05, 0.1) is 23.5 Å². The molecule has 1 aliphatic heterocycles. The molecular formula is C27H28N4S. The molecule has 1 N–H and O–H groups in total. The molecule has 0 amide bonds. The van der Waals surface area contributed by atoms with Gasteiger partial charge in [0.25, 0.3) is 0 Å². The predicted molar refractivity (Wildman–Crippen MR) is 135 cm³/mol. The van der Waals surface area contributed by atoms with Crippen LogP contribution in [0, 0.1) is 13.8 Å². The minimum atomic E-state index is 0.00701. The van der Waals surface area contributed by atoms with Crippen LogP contribution >= 0.6 is 12.2 Å². The van der Waals surface area contributed by atoms with Crippen LogP contribution in [-0.2, 0) is 0 Å². The third-order valence-electron chi connectivity index (χ3n) is 6.49. The van der Waals surface area contributed by atoms with Gasteiger partial charge in [-0.1, -0.05) is 42.5 Å². The summed E-state index contributed by atoms with van der Waals surface area (Å²) in [6.45, 7) is 8.81. The van der Waals surface area contributed by atoms with Gasteiger partial charge < -0.3 is 14.8 Å². The highest BCUT2D eigenvalue weighted by Gasteiger charge is 2.42. The van der Waals surface area contributed by atoms with Gasteiger partial charge in [0.1, 0.15) is 0 Å². The van der Waals surface area contributed by atoms with Crippen LogP contribution in [0.4, 0.5) is 0 Å². The smallest absolute Gasteiger partial charge is 0.170 e. The summed E-state index contributed by atoms with van der Waals surface area (Å²) in [7, 11) is 0. The summed E-state index contributed by atoms with van der Waals surface area (Å²) in [4.78, 5) is 6.99. The van der Waals surface area contributed by atoms with E-state index in [0.29, 0.717) is 0 Å². The van der Waals surface area contributed by atoms with Crippen LogP contribution in [0.15, 0.2) is 72.9 Å². The second-order valence-electron chi connectivity index (χ2n) is 8.79. The summed E-state index contributed by atoms with van der Waals surface area (Å²) in [5, 5.41) is 6.85. The molecule has 2 aromatic heterocycles. The van der Waals surface area contributed by atoms with Gasteiger partial charge in [-0.25, -0.2) is 0 Å². The van der Waals surface area contributed by atoms with Crippen LogP contribution < -0.4 is 5.32 Å². The highest BCUT2D eigenvalue weighted by atomic mass is 32.1. The summed E-state index contributed by atoms with van der Waals surface area (Å²) in [6.07, 6.45) is 1.86. The van der Waals surface area contributed by atoms with Crippen molar-refractivity contribution in [3.63, 3.8) is 0 Å². The first-order chi connectivity index (χ1) is 15.5. The van der Waals surface area contributed by atoms with Gasteiger partial charge in [-0.3, -0.25) is 4.98 Å². The van der Waals surface area contributed by atoms with E-state index >= 15 is 0 Å². The first kappa shape index (κ1) is 20.7. The number of nitrogens with one attached hydrogen (secondary N) is 1. The number of nitrogens with zero attached hydrogens (tertiary/aromatic N) is 3. The second-order valence-corrected chi connectivity index (χ2v) is 9.17. The lowest BCUT2D eigenvalue weighted by Gasteiger charge is -2.31. The molecule has 1 saturated heterocycles. The number of hydrogen-bond acceptors (Lipinski definition) is 2. The Labute approximate surface area is 194 Å². The minimum absolute atomic E-state index is 0.00701. The van der Waals surface area contributed by atoms with E-state index in [4.69, 9.17) is 12.2 Å². The molecule has 162 valence electrons. The number of aryl methyl sites for hydroxylation is 1. The zero-order chi connectivity index (χ0) is 22.4.